The van der Waals surface area contributed by atoms with E-state index in [1.807, 2.05) is 12.1 Å². The molecule has 0 spiro atoms. The maximum absolute atomic E-state index is 7.32. The lowest BCUT2D eigenvalue weighted by molar-refractivity contribution is -0.137. The van der Waals surface area contributed by atoms with Crippen molar-refractivity contribution in [3.05, 3.63) is 144 Å². The third kappa shape index (κ3) is 13.4. The normalized spacial score (nSPS) is 12.5. The van der Waals surface area contributed by atoms with Gasteiger partial charge in [0.1, 0.15) is 0 Å². The molecule has 4 aromatic carbocycles. The Balaban J connectivity index is 0.000000192. The molecule has 4 heteroatoms. The van der Waals surface area contributed by atoms with Crippen LogP contribution in [0.5, 0.6) is 0 Å². The number of benzene rings is 4. The highest BCUT2D eigenvalue weighted by Gasteiger charge is 1.95. The molecule has 0 aliphatic heterocycles. The van der Waals surface area contributed by atoms with E-state index in [9.17, 15) is 0 Å². The first kappa shape index (κ1) is 31.0. The fourth-order valence-electron chi connectivity index (χ4n) is 3.51. The largest absolute Gasteiger partial charge is 0.340 e. The molecule has 0 fully saturated rings. The molecule has 0 bridgehead atoms. The van der Waals surface area contributed by atoms with Gasteiger partial charge in [0.25, 0.3) is 0 Å². The first-order valence-corrected chi connectivity index (χ1v) is 13.7. The van der Waals surface area contributed by atoms with E-state index < -0.39 is 0 Å². The highest BCUT2D eigenvalue weighted by molar-refractivity contribution is 9.10. The van der Waals surface area contributed by atoms with Gasteiger partial charge in [-0.2, -0.15) is 0 Å². The smallest absolute Gasteiger partial charge is 0.314 e. The Morgan fingerprint density at radius 3 is 1.21 bits per heavy atom. The van der Waals surface area contributed by atoms with Crippen LogP contribution in [-0.2, 0) is 4.81 Å². The molecule has 2 nitrogen and oxygen atoms in total. The first-order chi connectivity index (χ1) is 18.6. The van der Waals surface area contributed by atoms with Crippen molar-refractivity contribution >= 4 is 23.4 Å². The van der Waals surface area contributed by atoms with Crippen LogP contribution in [0, 0.1) is 6.92 Å². The van der Waals surface area contributed by atoms with Crippen LogP contribution in [0.1, 0.15) is 31.2 Å². The predicted octanol–water partition coefficient (Wildman–Crippen LogP) is 10.6. The Labute approximate surface area is 238 Å². The summed E-state index contributed by atoms with van der Waals surface area (Å²) in [7, 11) is 1.18. The molecule has 0 saturated heterocycles. The van der Waals surface area contributed by atoms with E-state index in [-0.39, 0.29) is 0 Å². The minimum absolute atomic E-state index is 1.12. The van der Waals surface area contributed by atoms with Crippen LogP contribution in [0.25, 0.3) is 22.3 Å². The van der Waals surface area contributed by atoms with Crippen molar-refractivity contribution in [1.82, 2.24) is 0 Å². The second kappa shape index (κ2) is 19.9. The number of halogens is 1. The summed E-state index contributed by atoms with van der Waals surface area (Å²) < 4.78 is 1.12. The maximum Gasteiger partial charge on any atom is 0.340 e. The van der Waals surface area contributed by atoms with Gasteiger partial charge in [-0.3, -0.25) is 5.26 Å². The van der Waals surface area contributed by atoms with E-state index in [1.54, 1.807) is 6.82 Å². The van der Waals surface area contributed by atoms with Gasteiger partial charge in [0, 0.05) is 4.47 Å². The highest BCUT2D eigenvalue weighted by Crippen LogP contribution is 2.21. The average molecular weight is 568 g/mol. The molecule has 195 valence electrons. The molecule has 1 aliphatic carbocycles. The molecule has 38 heavy (non-hydrogen) atoms. The van der Waals surface area contributed by atoms with Crippen LogP contribution >= 0.6 is 15.9 Å². The first-order valence-electron chi connectivity index (χ1n) is 12.9. The summed E-state index contributed by atoms with van der Waals surface area (Å²) in [6.07, 6.45) is 14.0. The fraction of sp³-hybridized carbons (Fsp3) is 0.176. The number of hydrogen-bond acceptors (Lipinski definition) is 2. The molecule has 0 saturated carbocycles. The molecular formula is C34H37BBrO2. The molecule has 5 rings (SSSR count). The average Bonchev–Trinajstić information content (AvgIpc) is 2.95. The van der Waals surface area contributed by atoms with Crippen LogP contribution in [0.3, 0.4) is 0 Å². The Hall–Kier alpha value is -3.18. The molecule has 1 radical (unpaired) electrons. The molecule has 1 N–H and O–H groups in total. The van der Waals surface area contributed by atoms with Crippen LogP contribution in [0.2, 0.25) is 6.82 Å². The second-order valence-electron chi connectivity index (χ2n) is 8.54. The molecule has 4 aromatic rings. The van der Waals surface area contributed by atoms with Gasteiger partial charge >= 0.3 is 7.48 Å². The number of rotatable bonds is 3. The zero-order chi connectivity index (χ0) is 27.3. The van der Waals surface area contributed by atoms with Crippen molar-refractivity contribution in [3.8, 4) is 22.3 Å². The van der Waals surface area contributed by atoms with Crippen molar-refractivity contribution in [2.24, 2.45) is 0 Å². The summed E-state index contributed by atoms with van der Waals surface area (Å²) in [5.74, 6) is 0. The van der Waals surface area contributed by atoms with Gasteiger partial charge in [-0.1, -0.05) is 150 Å². The molecule has 1 aliphatic rings. The Morgan fingerprint density at radius 1 is 0.553 bits per heavy atom. The van der Waals surface area contributed by atoms with Crippen LogP contribution in [0.15, 0.2) is 138 Å². The lowest BCUT2D eigenvalue weighted by Gasteiger charge is -2.00. The highest BCUT2D eigenvalue weighted by atomic mass is 79.9. The monoisotopic (exact) mass is 567 g/mol. The molecule has 0 atom stereocenters. The van der Waals surface area contributed by atoms with Gasteiger partial charge in [-0.05, 0) is 67.0 Å². The Morgan fingerprint density at radius 2 is 0.868 bits per heavy atom. The van der Waals surface area contributed by atoms with Crippen molar-refractivity contribution < 1.29 is 10.1 Å². The van der Waals surface area contributed by atoms with Gasteiger partial charge in [0.2, 0.25) is 0 Å². The third-order valence-corrected chi connectivity index (χ3v) is 6.08. The molecule has 0 amide bonds. The summed E-state index contributed by atoms with van der Waals surface area (Å²) in [5.41, 5.74) is 6.38. The van der Waals surface area contributed by atoms with E-state index >= 15 is 0 Å². The van der Waals surface area contributed by atoms with Gasteiger partial charge in [0.05, 0.1) is 0 Å². The number of allylic oxidation sites excluding steroid dienone is 4. The van der Waals surface area contributed by atoms with Gasteiger partial charge in [-0.25, -0.2) is 0 Å². The zero-order valence-corrected chi connectivity index (χ0v) is 23.9. The second-order valence-corrected chi connectivity index (χ2v) is 9.46. The van der Waals surface area contributed by atoms with Gasteiger partial charge in [0.15, 0.2) is 0 Å². The SMILES string of the molecule is Brc1ccc(-c2ccccc2)cc1.C1=CCC/C=C\CC1.C[B]OO.Cc1ccc(-c2ccccc2)cc1. The third-order valence-electron chi connectivity index (χ3n) is 5.55. The topological polar surface area (TPSA) is 29.5 Å². The van der Waals surface area contributed by atoms with E-state index in [0.29, 0.717) is 0 Å². The number of aryl methyl sites for hydroxylation is 1. The molecule has 0 heterocycles. The van der Waals surface area contributed by atoms with Crippen molar-refractivity contribution in [3.63, 3.8) is 0 Å². The minimum atomic E-state index is 1.12. The van der Waals surface area contributed by atoms with Gasteiger partial charge < -0.3 is 4.81 Å². The van der Waals surface area contributed by atoms with Crippen molar-refractivity contribution in [1.29, 1.82) is 0 Å². The van der Waals surface area contributed by atoms with Crippen LogP contribution < -0.4 is 0 Å². The summed E-state index contributed by atoms with van der Waals surface area (Å²) >= 11 is 3.42. The quantitative estimate of drug-likeness (QED) is 0.115. The Kier molecular flexibility index (Phi) is 16.2. The summed E-state index contributed by atoms with van der Waals surface area (Å²) in [6, 6.07) is 37.7. The van der Waals surface area contributed by atoms with Crippen LogP contribution in [0.4, 0.5) is 0 Å². The predicted molar refractivity (Wildman–Crippen MR) is 168 cm³/mol. The Bertz CT molecular complexity index is 1060. The van der Waals surface area contributed by atoms with E-state index in [4.69, 9.17) is 5.26 Å². The lowest BCUT2D eigenvalue weighted by atomic mass is 10.0. The molecule has 0 unspecified atom stereocenters. The molecular weight excluding hydrogens is 531 g/mol. The van der Waals surface area contributed by atoms with Crippen molar-refractivity contribution in [2.45, 2.75) is 39.4 Å². The number of hydrogen-bond donors (Lipinski definition) is 1. The van der Waals surface area contributed by atoms with E-state index in [2.05, 4.69) is 149 Å². The fourth-order valence-corrected chi connectivity index (χ4v) is 3.77. The summed E-state index contributed by atoms with van der Waals surface area (Å²) in [4.78, 5) is 3.42. The van der Waals surface area contributed by atoms with E-state index in [0.717, 1.165) is 4.47 Å². The minimum Gasteiger partial charge on any atom is -0.314 e. The summed E-state index contributed by atoms with van der Waals surface area (Å²) in [6.45, 7) is 3.69. The summed E-state index contributed by atoms with van der Waals surface area (Å²) in [5, 5.41) is 7.32. The van der Waals surface area contributed by atoms with Gasteiger partial charge in [-0.15, -0.1) is 0 Å². The lowest BCUT2D eigenvalue weighted by Crippen LogP contribution is -1.80. The van der Waals surface area contributed by atoms with Crippen molar-refractivity contribution in [2.75, 3.05) is 0 Å². The standard InChI is InChI=1S/C13H12.C12H9Br.C8H12.CH4BO2/c1-11-7-9-13(10-8-11)12-5-3-2-4-6-12;13-12-8-6-11(7-9-12)10-4-2-1-3-5-10;1-2-4-6-8-7-5-3-1;1-2-4-3/h2-10H,1H3;1-9H;1-2,7-8H,3-6H2;3H,1H3/b;;2-1-,8-7?;. The zero-order valence-electron chi connectivity index (χ0n) is 22.3. The molecule has 0 aromatic heterocycles. The maximum atomic E-state index is 7.32. The van der Waals surface area contributed by atoms with E-state index in [1.165, 1.54) is 61.0 Å². The van der Waals surface area contributed by atoms with Crippen LogP contribution in [-0.4, -0.2) is 12.7 Å².